The predicted molar refractivity (Wildman–Crippen MR) is 64.6 cm³/mol. The highest BCUT2D eigenvalue weighted by Crippen LogP contribution is 2.19. The lowest BCUT2D eigenvalue weighted by Crippen LogP contribution is -2.28. The SMILES string of the molecule is CC1CCN(C(=O)c2csc(CCN)n2)C1. The predicted octanol–water partition coefficient (Wildman–Crippen LogP) is 1.13. The van der Waals surface area contributed by atoms with Gasteiger partial charge in [-0.1, -0.05) is 6.92 Å². The molecule has 2 rings (SSSR count). The Morgan fingerprint density at radius 3 is 3.19 bits per heavy atom. The molecule has 1 aromatic heterocycles. The van der Waals surface area contributed by atoms with Gasteiger partial charge in [0.2, 0.25) is 0 Å². The van der Waals surface area contributed by atoms with E-state index < -0.39 is 0 Å². The third kappa shape index (κ3) is 2.41. The average molecular weight is 239 g/mol. The van der Waals surface area contributed by atoms with Gasteiger partial charge in [-0.05, 0) is 18.9 Å². The first-order valence-electron chi connectivity index (χ1n) is 5.64. The van der Waals surface area contributed by atoms with Crippen LogP contribution in [-0.4, -0.2) is 35.4 Å². The van der Waals surface area contributed by atoms with Gasteiger partial charge < -0.3 is 10.6 Å². The summed E-state index contributed by atoms with van der Waals surface area (Å²) < 4.78 is 0. The van der Waals surface area contributed by atoms with Crippen LogP contribution in [0.5, 0.6) is 0 Å². The zero-order valence-electron chi connectivity index (χ0n) is 9.48. The molecule has 1 fully saturated rings. The number of likely N-dealkylation sites (tertiary alicyclic amines) is 1. The van der Waals surface area contributed by atoms with Gasteiger partial charge in [-0.2, -0.15) is 0 Å². The van der Waals surface area contributed by atoms with Crippen molar-refractivity contribution >= 4 is 17.2 Å². The van der Waals surface area contributed by atoms with E-state index in [2.05, 4.69) is 11.9 Å². The van der Waals surface area contributed by atoms with Crippen molar-refractivity contribution in [1.29, 1.82) is 0 Å². The van der Waals surface area contributed by atoms with Crippen molar-refractivity contribution in [3.63, 3.8) is 0 Å². The molecular weight excluding hydrogens is 222 g/mol. The molecule has 1 aromatic rings. The number of carbonyl (C=O) groups is 1. The Hall–Kier alpha value is -0.940. The molecule has 0 aromatic carbocycles. The van der Waals surface area contributed by atoms with E-state index in [0.717, 1.165) is 30.9 Å². The average Bonchev–Trinajstić information content (AvgIpc) is 2.87. The lowest BCUT2D eigenvalue weighted by molar-refractivity contribution is 0.0783. The van der Waals surface area contributed by atoms with Crippen LogP contribution in [0.15, 0.2) is 5.38 Å². The Balaban J connectivity index is 2.03. The number of thiazole rings is 1. The fourth-order valence-corrected chi connectivity index (χ4v) is 2.72. The molecule has 2 heterocycles. The van der Waals surface area contributed by atoms with E-state index in [9.17, 15) is 4.79 Å². The number of aromatic nitrogens is 1. The summed E-state index contributed by atoms with van der Waals surface area (Å²) in [5.41, 5.74) is 6.04. The molecule has 0 aliphatic carbocycles. The van der Waals surface area contributed by atoms with Gasteiger partial charge in [-0.3, -0.25) is 4.79 Å². The Labute approximate surface area is 99.5 Å². The molecule has 2 N–H and O–H groups in total. The van der Waals surface area contributed by atoms with E-state index in [-0.39, 0.29) is 5.91 Å². The van der Waals surface area contributed by atoms with Crippen molar-refractivity contribution in [2.24, 2.45) is 11.7 Å². The van der Waals surface area contributed by atoms with Gasteiger partial charge in [-0.25, -0.2) is 4.98 Å². The number of nitrogens with two attached hydrogens (primary N) is 1. The summed E-state index contributed by atoms with van der Waals surface area (Å²) in [6, 6.07) is 0. The third-order valence-corrected chi connectivity index (χ3v) is 3.75. The molecule has 0 bridgehead atoms. The number of hydrogen-bond acceptors (Lipinski definition) is 4. The highest BCUT2D eigenvalue weighted by molar-refractivity contribution is 7.09. The van der Waals surface area contributed by atoms with E-state index in [1.54, 1.807) is 0 Å². The molecule has 88 valence electrons. The molecular formula is C11H17N3OS. The van der Waals surface area contributed by atoms with E-state index in [0.29, 0.717) is 18.2 Å². The van der Waals surface area contributed by atoms with Crippen molar-refractivity contribution in [2.75, 3.05) is 19.6 Å². The zero-order chi connectivity index (χ0) is 11.5. The van der Waals surface area contributed by atoms with Gasteiger partial charge in [0.15, 0.2) is 0 Å². The largest absolute Gasteiger partial charge is 0.337 e. The summed E-state index contributed by atoms with van der Waals surface area (Å²) in [5, 5.41) is 2.80. The van der Waals surface area contributed by atoms with Crippen molar-refractivity contribution in [2.45, 2.75) is 19.8 Å². The molecule has 4 nitrogen and oxygen atoms in total. The van der Waals surface area contributed by atoms with Gasteiger partial charge >= 0.3 is 0 Å². The minimum absolute atomic E-state index is 0.0730. The van der Waals surface area contributed by atoms with Crippen molar-refractivity contribution in [3.05, 3.63) is 16.1 Å². The first-order chi connectivity index (χ1) is 7.70. The van der Waals surface area contributed by atoms with Crippen LogP contribution in [0, 0.1) is 5.92 Å². The topological polar surface area (TPSA) is 59.2 Å². The van der Waals surface area contributed by atoms with Crippen LogP contribution in [-0.2, 0) is 6.42 Å². The second-order valence-electron chi connectivity index (χ2n) is 4.31. The molecule has 5 heteroatoms. The summed E-state index contributed by atoms with van der Waals surface area (Å²) in [6.45, 7) is 4.49. The standard InChI is InChI=1S/C11H17N3OS/c1-8-3-5-14(6-8)11(15)9-7-16-10(13-9)2-4-12/h7-8H,2-6,12H2,1H3. The van der Waals surface area contributed by atoms with Gasteiger partial charge in [0.1, 0.15) is 5.69 Å². The minimum Gasteiger partial charge on any atom is -0.337 e. The first-order valence-corrected chi connectivity index (χ1v) is 6.52. The highest BCUT2D eigenvalue weighted by Gasteiger charge is 2.25. The number of carbonyl (C=O) groups excluding carboxylic acids is 1. The molecule has 1 atom stereocenters. The van der Waals surface area contributed by atoms with E-state index in [1.165, 1.54) is 11.3 Å². The Kier molecular flexibility index (Phi) is 3.56. The van der Waals surface area contributed by atoms with Gasteiger partial charge in [0.05, 0.1) is 5.01 Å². The second-order valence-corrected chi connectivity index (χ2v) is 5.25. The van der Waals surface area contributed by atoms with E-state index in [4.69, 9.17) is 5.73 Å². The van der Waals surface area contributed by atoms with Gasteiger partial charge in [0.25, 0.3) is 5.91 Å². The molecule has 1 unspecified atom stereocenters. The van der Waals surface area contributed by atoms with Gasteiger partial charge in [0, 0.05) is 24.9 Å². The van der Waals surface area contributed by atoms with Crippen molar-refractivity contribution < 1.29 is 4.79 Å². The molecule has 1 aliphatic heterocycles. The molecule has 1 aliphatic rings. The Bertz CT molecular complexity index is 377. The van der Waals surface area contributed by atoms with Crippen molar-refractivity contribution in [1.82, 2.24) is 9.88 Å². The summed E-state index contributed by atoms with van der Waals surface area (Å²) in [7, 11) is 0. The molecule has 0 spiro atoms. The highest BCUT2D eigenvalue weighted by atomic mass is 32.1. The van der Waals surface area contributed by atoms with Crippen LogP contribution >= 0.6 is 11.3 Å². The van der Waals surface area contributed by atoms with Crippen LogP contribution in [0.25, 0.3) is 0 Å². The Morgan fingerprint density at radius 1 is 1.75 bits per heavy atom. The maximum atomic E-state index is 12.0. The smallest absolute Gasteiger partial charge is 0.273 e. The Morgan fingerprint density at radius 2 is 2.56 bits per heavy atom. The number of amides is 1. The summed E-state index contributed by atoms with van der Waals surface area (Å²) in [5.74, 6) is 0.690. The lowest BCUT2D eigenvalue weighted by Gasteiger charge is -2.13. The van der Waals surface area contributed by atoms with E-state index >= 15 is 0 Å². The molecule has 0 saturated carbocycles. The van der Waals surface area contributed by atoms with E-state index in [1.807, 2.05) is 10.3 Å². The van der Waals surface area contributed by atoms with Crippen LogP contribution in [0.4, 0.5) is 0 Å². The summed E-state index contributed by atoms with van der Waals surface area (Å²) in [6.07, 6.45) is 1.86. The first kappa shape index (κ1) is 11.5. The fraction of sp³-hybridized carbons (Fsp3) is 0.636. The number of rotatable bonds is 3. The molecule has 16 heavy (non-hydrogen) atoms. The van der Waals surface area contributed by atoms with Crippen LogP contribution in [0.3, 0.4) is 0 Å². The molecule has 0 radical (unpaired) electrons. The number of hydrogen-bond donors (Lipinski definition) is 1. The lowest BCUT2D eigenvalue weighted by atomic mass is 10.2. The molecule has 1 amide bonds. The third-order valence-electron chi connectivity index (χ3n) is 2.84. The maximum absolute atomic E-state index is 12.0. The van der Waals surface area contributed by atoms with Crippen LogP contribution < -0.4 is 5.73 Å². The normalized spacial score (nSPS) is 20.4. The maximum Gasteiger partial charge on any atom is 0.273 e. The quantitative estimate of drug-likeness (QED) is 0.860. The minimum atomic E-state index is 0.0730. The summed E-state index contributed by atoms with van der Waals surface area (Å²) in [4.78, 5) is 18.3. The second kappa shape index (κ2) is 4.93. The fourth-order valence-electron chi connectivity index (χ4n) is 1.93. The summed E-state index contributed by atoms with van der Waals surface area (Å²) >= 11 is 1.52. The number of nitrogens with zero attached hydrogens (tertiary/aromatic N) is 2. The van der Waals surface area contributed by atoms with Crippen LogP contribution in [0.2, 0.25) is 0 Å². The van der Waals surface area contributed by atoms with Crippen LogP contribution in [0.1, 0.15) is 28.8 Å². The monoisotopic (exact) mass is 239 g/mol. The van der Waals surface area contributed by atoms with Crippen molar-refractivity contribution in [3.8, 4) is 0 Å². The zero-order valence-corrected chi connectivity index (χ0v) is 10.3. The molecule has 1 saturated heterocycles. The van der Waals surface area contributed by atoms with Gasteiger partial charge in [-0.15, -0.1) is 11.3 Å².